The van der Waals surface area contributed by atoms with E-state index in [1.165, 1.54) is 11.8 Å². The summed E-state index contributed by atoms with van der Waals surface area (Å²) >= 11 is 7.74. The summed E-state index contributed by atoms with van der Waals surface area (Å²) in [5, 5.41) is 8.19. The standard InChI is InChI=1S/C24H18ClN5O2S/c1-14-11-16(30-32-14)13-33-24-18(6-4-10-26-24)23(31)27-15-8-9-20-21(12-15)29-22(28-20)17-5-2-3-7-19(17)25/h2-12H,13H2,1H3,(H,27,31)(H,28,29). The van der Waals surface area contributed by atoms with Crippen LogP contribution in [0, 0.1) is 6.92 Å². The summed E-state index contributed by atoms with van der Waals surface area (Å²) in [6.45, 7) is 1.84. The average Bonchev–Trinajstić information content (AvgIpc) is 3.43. The van der Waals surface area contributed by atoms with E-state index < -0.39 is 0 Å². The second-order valence-electron chi connectivity index (χ2n) is 7.32. The van der Waals surface area contributed by atoms with Crippen molar-refractivity contribution in [3.05, 3.63) is 88.9 Å². The summed E-state index contributed by atoms with van der Waals surface area (Å²) in [6.07, 6.45) is 1.67. The Bertz CT molecular complexity index is 1460. The van der Waals surface area contributed by atoms with Crippen LogP contribution in [0.3, 0.4) is 0 Å². The van der Waals surface area contributed by atoms with Crippen LogP contribution in [-0.2, 0) is 5.75 Å². The van der Waals surface area contributed by atoms with E-state index in [2.05, 4.69) is 25.4 Å². The van der Waals surface area contributed by atoms with Crippen molar-refractivity contribution in [3.8, 4) is 11.4 Å². The van der Waals surface area contributed by atoms with E-state index in [1.807, 2.05) is 55.5 Å². The van der Waals surface area contributed by atoms with Gasteiger partial charge in [0.15, 0.2) is 0 Å². The zero-order valence-electron chi connectivity index (χ0n) is 17.5. The molecule has 5 rings (SSSR count). The van der Waals surface area contributed by atoms with Gasteiger partial charge in [-0.15, -0.1) is 0 Å². The maximum absolute atomic E-state index is 13.0. The maximum atomic E-state index is 13.0. The number of aromatic amines is 1. The highest BCUT2D eigenvalue weighted by molar-refractivity contribution is 7.98. The summed E-state index contributed by atoms with van der Waals surface area (Å²) in [7, 11) is 0. The van der Waals surface area contributed by atoms with Gasteiger partial charge in [0, 0.05) is 29.3 Å². The zero-order valence-corrected chi connectivity index (χ0v) is 19.1. The Hall–Kier alpha value is -3.62. The van der Waals surface area contributed by atoms with Gasteiger partial charge in [-0.1, -0.05) is 40.7 Å². The molecule has 2 aromatic carbocycles. The van der Waals surface area contributed by atoms with Crippen molar-refractivity contribution in [3.63, 3.8) is 0 Å². The Morgan fingerprint density at radius 2 is 2.03 bits per heavy atom. The van der Waals surface area contributed by atoms with Gasteiger partial charge in [0.1, 0.15) is 16.6 Å². The van der Waals surface area contributed by atoms with Gasteiger partial charge < -0.3 is 14.8 Å². The normalized spacial score (nSPS) is 11.1. The first-order valence-corrected chi connectivity index (χ1v) is 11.5. The molecule has 0 aliphatic carbocycles. The Balaban J connectivity index is 1.35. The summed E-state index contributed by atoms with van der Waals surface area (Å²) < 4.78 is 5.10. The number of carbonyl (C=O) groups is 1. The lowest BCUT2D eigenvalue weighted by atomic mass is 10.2. The number of nitrogens with one attached hydrogen (secondary N) is 2. The highest BCUT2D eigenvalue weighted by Gasteiger charge is 2.15. The van der Waals surface area contributed by atoms with E-state index in [-0.39, 0.29) is 5.91 Å². The number of imidazole rings is 1. The molecule has 0 saturated heterocycles. The smallest absolute Gasteiger partial charge is 0.258 e. The lowest BCUT2D eigenvalue weighted by Gasteiger charge is -2.08. The van der Waals surface area contributed by atoms with Gasteiger partial charge in [0.25, 0.3) is 5.91 Å². The average molecular weight is 476 g/mol. The number of carbonyl (C=O) groups excluding carboxylic acids is 1. The topological polar surface area (TPSA) is 96.7 Å². The van der Waals surface area contributed by atoms with Crippen molar-refractivity contribution in [1.29, 1.82) is 0 Å². The number of hydrogen-bond acceptors (Lipinski definition) is 6. The molecule has 0 unspecified atom stereocenters. The van der Waals surface area contributed by atoms with Gasteiger partial charge in [0.2, 0.25) is 0 Å². The van der Waals surface area contributed by atoms with E-state index in [9.17, 15) is 4.79 Å². The quantitative estimate of drug-likeness (QED) is 0.287. The molecule has 5 aromatic rings. The van der Waals surface area contributed by atoms with Crippen LogP contribution >= 0.6 is 23.4 Å². The third-order valence-corrected chi connectivity index (χ3v) is 6.29. The third kappa shape index (κ3) is 4.62. The molecule has 7 nitrogen and oxygen atoms in total. The number of hydrogen-bond donors (Lipinski definition) is 2. The van der Waals surface area contributed by atoms with E-state index in [0.29, 0.717) is 32.9 Å². The van der Waals surface area contributed by atoms with Crippen LogP contribution in [0.4, 0.5) is 5.69 Å². The number of fused-ring (bicyclic) bond motifs is 1. The lowest BCUT2D eigenvalue weighted by Crippen LogP contribution is -2.13. The first-order chi connectivity index (χ1) is 16.1. The molecule has 2 N–H and O–H groups in total. The fourth-order valence-corrected chi connectivity index (χ4v) is 4.47. The fourth-order valence-electron chi connectivity index (χ4n) is 3.37. The van der Waals surface area contributed by atoms with E-state index in [4.69, 9.17) is 16.1 Å². The second kappa shape index (κ2) is 9.09. The van der Waals surface area contributed by atoms with Gasteiger partial charge in [0.05, 0.1) is 27.3 Å². The molecule has 3 aromatic heterocycles. The molecule has 33 heavy (non-hydrogen) atoms. The first-order valence-electron chi connectivity index (χ1n) is 10.1. The number of nitrogens with zero attached hydrogens (tertiary/aromatic N) is 3. The number of aromatic nitrogens is 4. The predicted octanol–water partition coefficient (Wildman–Crippen LogP) is 6.12. The lowest BCUT2D eigenvalue weighted by molar-refractivity contribution is 0.102. The number of H-pyrrole nitrogens is 1. The van der Waals surface area contributed by atoms with Crippen molar-refractivity contribution in [2.24, 2.45) is 0 Å². The number of aryl methyl sites for hydroxylation is 1. The van der Waals surface area contributed by atoms with E-state index in [0.717, 1.165) is 28.1 Å². The predicted molar refractivity (Wildman–Crippen MR) is 130 cm³/mol. The van der Waals surface area contributed by atoms with Gasteiger partial charge in [-0.2, -0.15) is 0 Å². The Morgan fingerprint density at radius 3 is 2.85 bits per heavy atom. The SMILES string of the molecule is Cc1cc(CSc2ncccc2C(=O)Nc2ccc3nc(-c4ccccc4Cl)[nH]c3c2)no1. The molecule has 0 bridgehead atoms. The third-order valence-electron chi connectivity index (χ3n) is 4.92. The molecule has 0 fully saturated rings. The minimum Gasteiger partial charge on any atom is -0.361 e. The molecule has 3 heterocycles. The molecule has 0 atom stereocenters. The number of pyridine rings is 1. The number of rotatable bonds is 6. The summed E-state index contributed by atoms with van der Waals surface area (Å²) in [5.74, 6) is 1.73. The molecular weight excluding hydrogens is 458 g/mol. The van der Waals surface area contributed by atoms with Crippen LogP contribution in [-0.4, -0.2) is 26.0 Å². The minimum absolute atomic E-state index is 0.243. The van der Waals surface area contributed by atoms with Gasteiger partial charge in [-0.3, -0.25) is 4.79 Å². The summed E-state index contributed by atoms with van der Waals surface area (Å²) in [6, 6.07) is 18.4. The molecule has 164 valence electrons. The Morgan fingerprint density at radius 1 is 1.15 bits per heavy atom. The van der Waals surface area contributed by atoms with Gasteiger partial charge in [-0.25, -0.2) is 9.97 Å². The van der Waals surface area contributed by atoms with Crippen LogP contribution < -0.4 is 5.32 Å². The van der Waals surface area contributed by atoms with E-state index >= 15 is 0 Å². The molecule has 0 aliphatic rings. The number of benzene rings is 2. The molecule has 0 aliphatic heterocycles. The number of halogens is 1. The van der Waals surface area contributed by atoms with Crippen LogP contribution in [0.15, 0.2) is 76.4 Å². The molecule has 0 saturated carbocycles. The van der Waals surface area contributed by atoms with E-state index in [1.54, 1.807) is 18.3 Å². The Kier molecular flexibility index (Phi) is 5.85. The fraction of sp³-hybridized carbons (Fsp3) is 0.0833. The van der Waals surface area contributed by atoms with Crippen LogP contribution in [0.25, 0.3) is 22.4 Å². The maximum Gasteiger partial charge on any atom is 0.258 e. The summed E-state index contributed by atoms with van der Waals surface area (Å²) in [4.78, 5) is 25.3. The molecule has 0 spiro atoms. The van der Waals surface area contributed by atoms with Crippen molar-refractivity contribution in [1.82, 2.24) is 20.1 Å². The van der Waals surface area contributed by atoms with Crippen LogP contribution in [0.2, 0.25) is 5.02 Å². The monoisotopic (exact) mass is 475 g/mol. The molecule has 1 amide bonds. The van der Waals surface area contributed by atoms with Crippen molar-refractivity contribution >= 4 is 46.0 Å². The van der Waals surface area contributed by atoms with Crippen LogP contribution in [0.5, 0.6) is 0 Å². The molecular formula is C24H18ClN5O2S. The first kappa shape index (κ1) is 21.2. The number of thioether (sulfide) groups is 1. The van der Waals surface area contributed by atoms with Crippen molar-refractivity contribution in [2.75, 3.05) is 5.32 Å². The summed E-state index contributed by atoms with van der Waals surface area (Å²) in [5.41, 5.74) is 4.33. The molecule has 0 radical (unpaired) electrons. The van der Waals surface area contributed by atoms with Crippen molar-refractivity contribution in [2.45, 2.75) is 17.7 Å². The highest BCUT2D eigenvalue weighted by Crippen LogP contribution is 2.29. The van der Waals surface area contributed by atoms with Crippen LogP contribution in [0.1, 0.15) is 21.8 Å². The zero-order chi connectivity index (χ0) is 22.8. The second-order valence-corrected chi connectivity index (χ2v) is 8.70. The highest BCUT2D eigenvalue weighted by atomic mass is 35.5. The minimum atomic E-state index is -0.243. The molecule has 9 heteroatoms. The number of amides is 1. The van der Waals surface area contributed by atoms with Crippen molar-refractivity contribution < 1.29 is 9.32 Å². The Labute approximate surface area is 198 Å². The van der Waals surface area contributed by atoms with Gasteiger partial charge in [-0.05, 0) is 49.4 Å². The number of anilines is 1. The largest absolute Gasteiger partial charge is 0.361 e. The van der Waals surface area contributed by atoms with Gasteiger partial charge >= 0.3 is 0 Å².